The van der Waals surface area contributed by atoms with Gasteiger partial charge in [0.2, 0.25) is 5.91 Å². The number of nitrogens with one attached hydrogen (secondary N) is 1. The van der Waals surface area contributed by atoms with Crippen LogP contribution in [0.3, 0.4) is 0 Å². The number of hydrogen-bond donors (Lipinski definition) is 3. The molecule has 0 saturated heterocycles. The molecule has 0 aliphatic rings. The molecule has 0 bridgehead atoms. The third kappa shape index (κ3) is 17.7. The van der Waals surface area contributed by atoms with Gasteiger partial charge in [0.1, 0.15) is 6.10 Å². The van der Waals surface area contributed by atoms with Gasteiger partial charge >= 0.3 is 0 Å². The molecule has 0 aromatic rings. The molecule has 3 N–H and O–H groups in total. The standard InChI is InChI=1S/C19H39NO4/c1-2-3-4-5-6-7-8-9-10-11-12-13-19(23)20-14-15-24-17-18(22)16-21/h18,21-22H,2-17H2,1H3,(H,20,23). The van der Waals surface area contributed by atoms with Gasteiger partial charge in [-0.25, -0.2) is 0 Å². The summed E-state index contributed by atoms with van der Waals surface area (Å²) in [6.07, 6.45) is 13.9. The number of aliphatic hydroxyl groups excluding tert-OH is 2. The van der Waals surface area contributed by atoms with E-state index in [0.29, 0.717) is 19.6 Å². The molecule has 24 heavy (non-hydrogen) atoms. The van der Waals surface area contributed by atoms with Crippen molar-refractivity contribution in [3.63, 3.8) is 0 Å². The summed E-state index contributed by atoms with van der Waals surface area (Å²) in [5.41, 5.74) is 0. The van der Waals surface area contributed by atoms with Crippen LogP contribution in [0, 0.1) is 0 Å². The topological polar surface area (TPSA) is 78.8 Å². The predicted octanol–water partition coefficient (Wildman–Crippen LogP) is 3.17. The molecular weight excluding hydrogens is 306 g/mol. The van der Waals surface area contributed by atoms with Crippen LogP contribution >= 0.6 is 0 Å². The van der Waals surface area contributed by atoms with Crippen molar-refractivity contribution in [2.75, 3.05) is 26.4 Å². The van der Waals surface area contributed by atoms with E-state index in [0.717, 1.165) is 12.8 Å². The Hall–Kier alpha value is -0.650. The van der Waals surface area contributed by atoms with Gasteiger partial charge in [0, 0.05) is 13.0 Å². The van der Waals surface area contributed by atoms with Gasteiger partial charge in [0.05, 0.1) is 19.8 Å². The number of rotatable bonds is 18. The minimum atomic E-state index is -0.836. The fourth-order valence-corrected chi connectivity index (χ4v) is 2.57. The summed E-state index contributed by atoms with van der Waals surface area (Å²) < 4.78 is 5.12. The number of unbranched alkanes of at least 4 members (excludes halogenated alkanes) is 10. The van der Waals surface area contributed by atoms with Crippen molar-refractivity contribution >= 4 is 5.91 Å². The van der Waals surface area contributed by atoms with Gasteiger partial charge < -0.3 is 20.3 Å². The molecule has 0 fully saturated rings. The van der Waals surface area contributed by atoms with E-state index in [-0.39, 0.29) is 19.1 Å². The molecule has 1 unspecified atom stereocenters. The van der Waals surface area contributed by atoms with Gasteiger partial charge in [0.15, 0.2) is 0 Å². The molecular formula is C19H39NO4. The molecule has 0 aromatic carbocycles. The Kier molecular flexibility index (Phi) is 18.2. The van der Waals surface area contributed by atoms with Crippen molar-refractivity contribution in [1.82, 2.24) is 5.32 Å². The lowest BCUT2D eigenvalue weighted by Crippen LogP contribution is -2.28. The summed E-state index contributed by atoms with van der Waals surface area (Å²) in [4.78, 5) is 11.6. The fourth-order valence-electron chi connectivity index (χ4n) is 2.57. The van der Waals surface area contributed by atoms with E-state index in [9.17, 15) is 4.79 Å². The first-order valence-electron chi connectivity index (χ1n) is 9.84. The van der Waals surface area contributed by atoms with E-state index < -0.39 is 6.10 Å². The second-order valence-corrected chi connectivity index (χ2v) is 6.55. The lowest BCUT2D eigenvalue weighted by molar-refractivity contribution is -0.121. The maximum Gasteiger partial charge on any atom is 0.220 e. The van der Waals surface area contributed by atoms with Crippen molar-refractivity contribution in [3.05, 3.63) is 0 Å². The zero-order valence-corrected chi connectivity index (χ0v) is 15.6. The summed E-state index contributed by atoms with van der Waals surface area (Å²) in [5.74, 6) is 0.0669. The van der Waals surface area contributed by atoms with Crippen LogP contribution in [0.15, 0.2) is 0 Å². The first-order valence-corrected chi connectivity index (χ1v) is 9.84. The van der Waals surface area contributed by atoms with E-state index in [1.807, 2.05) is 0 Å². The smallest absolute Gasteiger partial charge is 0.220 e. The highest BCUT2D eigenvalue weighted by Gasteiger charge is 2.03. The number of carbonyl (C=O) groups excluding carboxylic acids is 1. The first-order chi connectivity index (χ1) is 11.7. The maximum absolute atomic E-state index is 11.6. The van der Waals surface area contributed by atoms with E-state index in [4.69, 9.17) is 14.9 Å². The Morgan fingerprint density at radius 1 is 0.958 bits per heavy atom. The van der Waals surface area contributed by atoms with Crippen LogP contribution in [-0.2, 0) is 9.53 Å². The van der Waals surface area contributed by atoms with E-state index >= 15 is 0 Å². The highest BCUT2D eigenvalue weighted by Crippen LogP contribution is 2.11. The molecule has 0 spiro atoms. The summed E-state index contributed by atoms with van der Waals surface area (Å²) in [6.45, 7) is 2.87. The quantitative estimate of drug-likeness (QED) is 0.333. The van der Waals surface area contributed by atoms with Crippen LogP contribution in [0.1, 0.15) is 84.0 Å². The summed E-state index contributed by atoms with van der Waals surface area (Å²) in [7, 11) is 0. The fraction of sp³-hybridized carbons (Fsp3) is 0.947. The Labute approximate surface area is 148 Å². The Balaban J connectivity index is 3.18. The monoisotopic (exact) mass is 345 g/mol. The Bertz CT molecular complexity index is 274. The molecule has 5 nitrogen and oxygen atoms in total. The van der Waals surface area contributed by atoms with E-state index in [1.54, 1.807) is 0 Å². The number of amides is 1. The van der Waals surface area contributed by atoms with E-state index in [2.05, 4.69) is 12.2 Å². The third-order valence-corrected chi connectivity index (χ3v) is 4.10. The molecule has 0 heterocycles. The molecule has 0 aliphatic carbocycles. The van der Waals surface area contributed by atoms with Crippen molar-refractivity contribution < 1.29 is 19.7 Å². The molecule has 0 rings (SSSR count). The number of carbonyl (C=O) groups is 1. The highest BCUT2D eigenvalue weighted by atomic mass is 16.5. The molecule has 5 heteroatoms. The molecule has 1 atom stereocenters. The Morgan fingerprint density at radius 2 is 1.50 bits per heavy atom. The molecule has 0 radical (unpaired) electrons. The zero-order chi connectivity index (χ0) is 17.9. The van der Waals surface area contributed by atoms with Crippen LogP contribution in [-0.4, -0.2) is 48.6 Å². The van der Waals surface area contributed by atoms with Crippen molar-refractivity contribution in [3.8, 4) is 0 Å². The average molecular weight is 346 g/mol. The molecule has 0 aromatic heterocycles. The van der Waals surface area contributed by atoms with Crippen molar-refractivity contribution in [2.45, 2.75) is 90.1 Å². The van der Waals surface area contributed by atoms with Crippen LogP contribution in [0.5, 0.6) is 0 Å². The van der Waals surface area contributed by atoms with Crippen LogP contribution < -0.4 is 5.32 Å². The summed E-state index contributed by atoms with van der Waals surface area (Å²) in [5, 5.41) is 20.5. The highest BCUT2D eigenvalue weighted by molar-refractivity contribution is 5.75. The van der Waals surface area contributed by atoms with Gasteiger partial charge in [-0.1, -0.05) is 71.1 Å². The minimum Gasteiger partial charge on any atom is -0.394 e. The summed E-state index contributed by atoms with van der Waals surface area (Å²) in [6, 6.07) is 0. The average Bonchev–Trinajstić information content (AvgIpc) is 2.59. The van der Waals surface area contributed by atoms with Crippen molar-refractivity contribution in [2.24, 2.45) is 0 Å². The Morgan fingerprint density at radius 3 is 2.04 bits per heavy atom. The van der Waals surface area contributed by atoms with Crippen molar-refractivity contribution in [1.29, 1.82) is 0 Å². The van der Waals surface area contributed by atoms with E-state index in [1.165, 1.54) is 57.8 Å². The molecule has 1 amide bonds. The van der Waals surface area contributed by atoms with Gasteiger partial charge in [-0.05, 0) is 6.42 Å². The molecule has 0 aliphatic heterocycles. The van der Waals surface area contributed by atoms with Gasteiger partial charge in [-0.15, -0.1) is 0 Å². The van der Waals surface area contributed by atoms with Crippen LogP contribution in [0.2, 0.25) is 0 Å². The molecule has 144 valence electrons. The normalized spacial score (nSPS) is 12.3. The lowest BCUT2D eigenvalue weighted by Gasteiger charge is -2.09. The van der Waals surface area contributed by atoms with Gasteiger partial charge in [-0.3, -0.25) is 4.79 Å². The summed E-state index contributed by atoms with van der Waals surface area (Å²) >= 11 is 0. The SMILES string of the molecule is CCCCCCCCCCCCCC(=O)NCCOCC(O)CO. The largest absolute Gasteiger partial charge is 0.394 e. The minimum absolute atomic E-state index is 0.0669. The predicted molar refractivity (Wildman–Crippen MR) is 98.0 cm³/mol. The third-order valence-electron chi connectivity index (χ3n) is 4.10. The second kappa shape index (κ2) is 18.7. The number of ether oxygens (including phenoxy) is 1. The van der Waals surface area contributed by atoms with Crippen LogP contribution in [0.4, 0.5) is 0 Å². The molecule has 0 saturated carbocycles. The lowest BCUT2D eigenvalue weighted by atomic mass is 10.1. The second-order valence-electron chi connectivity index (χ2n) is 6.55. The van der Waals surface area contributed by atoms with Gasteiger partial charge in [0.25, 0.3) is 0 Å². The van der Waals surface area contributed by atoms with Crippen LogP contribution in [0.25, 0.3) is 0 Å². The zero-order valence-electron chi connectivity index (χ0n) is 15.6. The van der Waals surface area contributed by atoms with Gasteiger partial charge in [-0.2, -0.15) is 0 Å². The number of hydrogen-bond acceptors (Lipinski definition) is 4. The maximum atomic E-state index is 11.6. The first kappa shape index (κ1) is 23.4. The number of aliphatic hydroxyl groups is 2.